The van der Waals surface area contributed by atoms with Crippen molar-refractivity contribution in [2.24, 2.45) is 11.8 Å². The summed E-state index contributed by atoms with van der Waals surface area (Å²) in [5.74, 6) is -1.29. The van der Waals surface area contributed by atoms with E-state index in [4.69, 9.17) is 0 Å². The van der Waals surface area contributed by atoms with Crippen molar-refractivity contribution in [1.82, 2.24) is 5.32 Å². The second-order valence-corrected chi connectivity index (χ2v) is 3.95. The van der Waals surface area contributed by atoms with Crippen molar-refractivity contribution >= 4 is 0 Å². The molecule has 0 amide bonds. The van der Waals surface area contributed by atoms with E-state index in [9.17, 15) is 18.3 Å². The zero-order valence-corrected chi connectivity index (χ0v) is 7.06. The van der Waals surface area contributed by atoms with Crippen molar-refractivity contribution in [3.63, 3.8) is 0 Å². The normalized spacial score (nSPS) is 45.2. The van der Waals surface area contributed by atoms with Gasteiger partial charge < -0.3 is 10.4 Å². The zero-order chi connectivity index (χ0) is 9.69. The molecule has 0 aromatic rings. The van der Waals surface area contributed by atoms with Gasteiger partial charge >= 0.3 is 6.18 Å². The molecule has 2 atom stereocenters. The maximum Gasteiger partial charge on any atom is 0.417 e. The fraction of sp³-hybridized carbons (Fsp3) is 1.00. The molecule has 0 aromatic heterocycles. The summed E-state index contributed by atoms with van der Waals surface area (Å²) in [6.45, 7) is 0.568. The van der Waals surface area contributed by atoms with Crippen LogP contribution in [-0.4, -0.2) is 30.0 Å². The predicted molar refractivity (Wildman–Crippen MR) is 40.1 cm³/mol. The average molecular weight is 195 g/mol. The van der Waals surface area contributed by atoms with Gasteiger partial charge in [-0.2, -0.15) is 13.2 Å². The van der Waals surface area contributed by atoms with E-state index in [1.54, 1.807) is 0 Å². The number of nitrogens with one attached hydrogen (secondary N) is 1. The van der Waals surface area contributed by atoms with E-state index in [-0.39, 0.29) is 13.1 Å². The van der Waals surface area contributed by atoms with Crippen molar-refractivity contribution < 1.29 is 18.3 Å². The van der Waals surface area contributed by atoms with Crippen LogP contribution in [0.4, 0.5) is 13.2 Å². The first-order valence-corrected chi connectivity index (χ1v) is 4.46. The number of halogens is 3. The fourth-order valence-corrected chi connectivity index (χ4v) is 2.59. The number of alkyl halides is 3. The summed E-state index contributed by atoms with van der Waals surface area (Å²) in [5.41, 5.74) is -2.42. The van der Waals surface area contributed by atoms with Crippen molar-refractivity contribution in [1.29, 1.82) is 0 Å². The zero-order valence-electron chi connectivity index (χ0n) is 7.06. The first-order chi connectivity index (χ1) is 5.96. The Bertz CT molecular complexity index is 200. The van der Waals surface area contributed by atoms with Crippen LogP contribution in [0.2, 0.25) is 0 Å². The molecule has 2 fully saturated rings. The summed E-state index contributed by atoms with van der Waals surface area (Å²) in [4.78, 5) is 0. The number of piperidine rings is 1. The van der Waals surface area contributed by atoms with Crippen molar-refractivity contribution in [2.75, 3.05) is 13.1 Å². The summed E-state index contributed by atoms with van der Waals surface area (Å²) in [7, 11) is 0. The molecule has 1 saturated carbocycles. The molecule has 1 saturated heterocycles. The molecule has 13 heavy (non-hydrogen) atoms. The van der Waals surface area contributed by atoms with Crippen molar-refractivity contribution in [3.8, 4) is 0 Å². The Morgan fingerprint density at radius 1 is 1.15 bits per heavy atom. The summed E-state index contributed by atoms with van der Waals surface area (Å²) >= 11 is 0. The van der Waals surface area contributed by atoms with Gasteiger partial charge in [-0.05, 0) is 12.8 Å². The van der Waals surface area contributed by atoms with Crippen LogP contribution in [0, 0.1) is 11.8 Å². The smallest absolute Gasteiger partial charge is 0.380 e. The van der Waals surface area contributed by atoms with Crippen LogP contribution in [-0.2, 0) is 0 Å². The van der Waals surface area contributed by atoms with E-state index in [1.165, 1.54) is 0 Å². The summed E-state index contributed by atoms with van der Waals surface area (Å²) in [6.07, 6.45) is -3.51. The number of hydrogen-bond acceptors (Lipinski definition) is 2. The highest BCUT2D eigenvalue weighted by molar-refractivity contribution is 5.07. The minimum Gasteiger partial charge on any atom is -0.380 e. The molecule has 2 N–H and O–H groups in total. The number of rotatable bonds is 0. The molecule has 2 rings (SSSR count). The number of aliphatic hydroxyl groups is 1. The molecule has 5 heteroatoms. The lowest BCUT2D eigenvalue weighted by atomic mass is 9.80. The van der Waals surface area contributed by atoms with E-state index in [0.717, 1.165) is 0 Å². The summed E-state index contributed by atoms with van der Waals surface area (Å²) in [6, 6.07) is 0. The van der Waals surface area contributed by atoms with Crippen LogP contribution in [0.5, 0.6) is 0 Å². The topological polar surface area (TPSA) is 32.3 Å². The highest BCUT2D eigenvalue weighted by atomic mass is 19.4. The first-order valence-electron chi connectivity index (χ1n) is 4.46. The molecule has 2 bridgehead atoms. The Morgan fingerprint density at radius 3 is 1.92 bits per heavy atom. The number of fused-ring (bicyclic) bond motifs is 2. The van der Waals surface area contributed by atoms with Crippen LogP contribution >= 0.6 is 0 Å². The Morgan fingerprint density at radius 2 is 1.62 bits per heavy atom. The first kappa shape index (κ1) is 9.27. The average Bonchev–Trinajstić information content (AvgIpc) is 2.26. The Hall–Kier alpha value is -0.290. The van der Waals surface area contributed by atoms with E-state index < -0.39 is 23.6 Å². The van der Waals surface area contributed by atoms with E-state index in [2.05, 4.69) is 5.32 Å². The maximum atomic E-state index is 12.6. The predicted octanol–water partition coefficient (Wildman–Crippen LogP) is 0.909. The minimum atomic E-state index is -4.47. The van der Waals surface area contributed by atoms with Gasteiger partial charge in [0.05, 0.1) is 0 Å². The molecule has 1 aliphatic carbocycles. The van der Waals surface area contributed by atoms with Gasteiger partial charge in [-0.1, -0.05) is 0 Å². The van der Waals surface area contributed by atoms with Crippen LogP contribution < -0.4 is 5.32 Å². The molecule has 1 aliphatic heterocycles. The third kappa shape index (κ3) is 1.10. The van der Waals surface area contributed by atoms with Crippen LogP contribution in [0.3, 0.4) is 0 Å². The van der Waals surface area contributed by atoms with Gasteiger partial charge in [0, 0.05) is 24.9 Å². The standard InChI is InChI=1S/C8H12F3NO/c9-8(10,11)7(13)5-1-2-6(7)4-12-3-5/h5-6,12-13H,1-4H2/t5-,6-/m1/s1. The van der Waals surface area contributed by atoms with Gasteiger partial charge in [-0.15, -0.1) is 0 Å². The van der Waals surface area contributed by atoms with Crippen molar-refractivity contribution in [2.45, 2.75) is 24.6 Å². The highest BCUT2D eigenvalue weighted by Crippen LogP contribution is 2.51. The van der Waals surface area contributed by atoms with Gasteiger partial charge in [0.2, 0.25) is 0 Å². The lowest BCUT2D eigenvalue weighted by Crippen LogP contribution is -2.60. The third-order valence-corrected chi connectivity index (χ3v) is 3.34. The van der Waals surface area contributed by atoms with Gasteiger partial charge in [0.1, 0.15) is 0 Å². The molecule has 2 nitrogen and oxygen atoms in total. The molecule has 2 aliphatic rings. The van der Waals surface area contributed by atoms with Crippen LogP contribution in [0.25, 0.3) is 0 Å². The Balaban J connectivity index is 2.31. The largest absolute Gasteiger partial charge is 0.417 e. The number of hydrogen-bond donors (Lipinski definition) is 2. The molecule has 1 heterocycles. The molecule has 0 spiro atoms. The maximum absolute atomic E-state index is 12.6. The Kier molecular flexibility index (Phi) is 1.86. The van der Waals surface area contributed by atoms with E-state index in [1.807, 2.05) is 0 Å². The minimum absolute atomic E-state index is 0.284. The lowest BCUT2D eigenvalue weighted by Gasteiger charge is -2.40. The monoisotopic (exact) mass is 195 g/mol. The summed E-state index contributed by atoms with van der Waals surface area (Å²) < 4.78 is 37.8. The third-order valence-electron chi connectivity index (χ3n) is 3.34. The fourth-order valence-electron chi connectivity index (χ4n) is 2.59. The molecular formula is C8H12F3NO. The van der Waals surface area contributed by atoms with Gasteiger partial charge in [-0.3, -0.25) is 0 Å². The van der Waals surface area contributed by atoms with Crippen LogP contribution in [0.1, 0.15) is 12.8 Å². The molecule has 76 valence electrons. The second kappa shape index (κ2) is 2.60. The molecule has 0 radical (unpaired) electrons. The quantitative estimate of drug-likeness (QED) is 0.602. The molecule has 0 unspecified atom stereocenters. The highest BCUT2D eigenvalue weighted by Gasteiger charge is 2.66. The van der Waals surface area contributed by atoms with Gasteiger partial charge in [-0.25, -0.2) is 0 Å². The van der Waals surface area contributed by atoms with E-state index >= 15 is 0 Å². The SMILES string of the molecule is OC1(C(F)(F)F)[C@@H]2CC[C@@H]1CNC2. The molecule has 0 aromatic carbocycles. The van der Waals surface area contributed by atoms with Gasteiger partial charge in [0.15, 0.2) is 5.60 Å². The summed E-state index contributed by atoms with van der Waals surface area (Å²) in [5, 5.41) is 12.6. The van der Waals surface area contributed by atoms with Crippen LogP contribution in [0.15, 0.2) is 0 Å². The van der Waals surface area contributed by atoms with Gasteiger partial charge in [0.25, 0.3) is 0 Å². The Labute approximate surface area is 74.1 Å². The van der Waals surface area contributed by atoms with E-state index in [0.29, 0.717) is 12.8 Å². The van der Waals surface area contributed by atoms with Crippen molar-refractivity contribution in [3.05, 3.63) is 0 Å². The molecular weight excluding hydrogens is 183 g/mol. The lowest BCUT2D eigenvalue weighted by molar-refractivity contribution is -0.291. The second-order valence-electron chi connectivity index (χ2n) is 3.95.